The van der Waals surface area contributed by atoms with Crippen LogP contribution in [0.3, 0.4) is 0 Å². The Bertz CT molecular complexity index is 481. The zero-order chi connectivity index (χ0) is 13.8. The SMILES string of the molecule is CC12CC3CC(C1)CC(C(N)Cc1ccncc1)(C3)C2. The third kappa shape index (κ3) is 2.00. The molecule has 1 aromatic rings. The van der Waals surface area contributed by atoms with Crippen LogP contribution in [0.2, 0.25) is 0 Å². The molecule has 4 saturated carbocycles. The molecule has 4 fully saturated rings. The van der Waals surface area contributed by atoms with E-state index in [-0.39, 0.29) is 0 Å². The fourth-order valence-electron chi connectivity index (χ4n) is 6.22. The topological polar surface area (TPSA) is 38.9 Å². The van der Waals surface area contributed by atoms with Crippen LogP contribution < -0.4 is 5.73 Å². The second-order valence-corrected chi connectivity index (χ2v) is 8.30. The Morgan fingerprint density at radius 1 is 1.20 bits per heavy atom. The number of nitrogens with two attached hydrogens (primary N) is 1. The molecule has 2 heteroatoms. The first kappa shape index (κ1) is 12.8. The Morgan fingerprint density at radius 2 is 1.85 bits per heavy atom. The van der Waals surface area contributed by atoms with Gasteiger partial charge in [0.05, 0.1) is 0 Å². The maximum absolute atomic E-state index is 6.74. The van der Waals surface area contributed by atoms with Crippen molar-refractivity contribution in [3.8, 4) is 0 Å². The zero-order valence-electron chi connectivity index (χ0n) is 12.5. The molecule has 3 atom stereocenters. The van der Waals surface area contributed by atoms with Gasteiger partial charge in [0, 0.05) is 18.4 Å². The van der Waals surface area contributed by atoms with Crippen molar-refractivity contribution in [3.05, 3.63) is 30.1 Å². The maximum atomic E-state index is 6.74. The molecule has 4 bridgehead atoms. The number of rotatable bonds is 3. The fraction of sp³-hybridized carbons (Fsp3) is 0.722. The van der Waals surface area contributed by atoms with Crippen molar-refractivity contribution in [2.45, 2.75) is 57.9 Å². The summed E-state index contributed by atoms with van der Waals surface area (Å²) in [5, 5.41) is 0. The molecule has 1 aromatic heterocycles. The highest BCUT2D eigenvalue weighted by molar-refractivity contribution is 5.16. The lowest BCUT2D eigenvalue weighted by molar-refractivity contribution is -0.112. The summed E-state index contributed by atoms with van der Waals surface area (Å²) in [6, 6.07) is 4.58. The highest BCUT2D eigenvalue weighted by Crippen LogP contribution is 2.66. The molecular weight excluding hydrogens is 244 g/mol. The number of aromatic nitrogens is 1. The quantitative estimate of drug-likeness (QED) is 0.912. The molecular formula is C18H26N2. The van der Waals surface area contributed by atoms with Gasteiger partial charge in [0.2, 0.25) is 0 Å². The van der Waals surface area contributed by atoms with Crippen molar-refractivity contribution in [2.75, 3.05) is 0 Å². The van der Waals surface area contributed by atoms with E-state index in [1.807, 2.05) is 12.4 Å². The van der Waals surface area contributed by atoms with E-state index < -0.39 is 0 Å². The molecule has 0 aromatic carbocycles. The first-order valence-corrected chi connectivity index (χ1v) is 8.22. The predicted octanol–water partition coefficient (Wildman–Crippen LogP) is 3.56. The number of hydrogen-bond acceptors (Lipinski definition) is 2. The molecule has 4 aliphatic rings. The minimum absolute atomic E-state index is 0.329. The van der Waals surface area contributed by atoms with Crippen LogP contribution in [0, 0.1) is 22.7 Å². The van der Waals surface area contributed by atoms with E-state index in [0.717, 1.165) is 18.3 Å². The summed E-state index contributed by atoms with van der Waals surface area (Å²) < 4.78 is 0. The smallest absolute Gasteiger partial charge is 0.0270 e. The third-order valence-corrected chi connectivity index (χ3v) is 6.39. The first-order valence-electron chi connectivity index (χ1n) is 8.22. The van der Waals surface area contributed by atoms with E-state index in [1.165, 1.54) is 44.1 Å². The van der Waals surface area contributed by atoms with E-state index in [0.29, 0.717) is 16.9 Å². The third-order valence-electron chi connectivity index (χ3n) is 6.39. The van der Waals surface area contributed by atoms with Gasteiger partial charge in [0.15, 0.2) is 0 Å². The van der Waals surface area contributed by atoms with Crippen LogP contribution in [0.25, 0.3) is 0 Å². The maximum Gasteiger partial charge on any atom is 0.0270 e. The van der Waals surface area contributed by atoms with E-state index in [9.17, 15) is 0 Å². The highest BCUT2D eigenvalue weighted by Gasteiger charge is 2.57. The van der Waals surface area contributed by atoms with Crippen molar-refractivity contribution < 1.29 is 0 Å². The number of pyridine rings is 1. The molecule has 2 nitrogen and oxygen atoms in total. The zero-order valence-corrected chi connectivity index (χ0v) is 12.5. The van der Waals surface area contributed by atoms with E-state index in [4.69, 9.17) is 5.73 Å². The Labute approximate surface area is 122 Å². The molecule has 108 valence electrons. The van der Waals surface area contributed by atoms with Crippen molar-refractivity contribution in [3.63, 3.8) is 0 Å². The van der Waals surface area contributed by atoms with Crippen molar-refractivity contribution in [2.24, 2.45) is 28.4 Å². The number of nitrogens with zero attached hydrogens (tertiary/aromatic N) is 1. The van der Waals surface area contributed by atoms with Gasteiger partial charge in [-0.3, -0.25) is 4.98 Å². The van der Waals surface area contributed by atoms with Gasteiger partial charge < -0.3 is 5.73 Å². The van der Waals surface area contributed by atoms with Crippen LogP contribution in [0.5, 0.6) is 0 Å². The summed E-state index contributed by atoms with van der Waals surface area (Å²) in [5.74, 6) is 1.93. The summed E-state index contributed by atoms with van der Waals surface area (Å²) in [5.41, 5.74) is 9.13. The second kappa shape index (κ2) is 4.30. The van der Waals surface area contributed by atoms with Gasteiger partial charge in [-0.15, -0.1) is 0 Å². The lowest BCUT2D eigenvalue weighted by atomic mass is 9.43. The van der Waals surface area contributed by atoms with Crippen molar-refractivity contribution in [1.29, 1.82) is 0 Å². The number of hydrogen-bond donors (Lipinski definition) is 1. The van der Waals surface area contributed by atoms with Crippen molar-refractivity contribution in [1.82, 2.24) is 4.98 Å². The Kier molecular flexibility index (Phi) is 2.76. The summed E-state index contributed by atoms with van der Waals surface area (Å²) in [4.78, 5) is 4.12. The summed E-state index contributed by atoms with van der Waals surface area (Å²) in [7, 11) is 0. The largest absolute Gasteiger partial charge is 0.327 e. The summed E-state index contributed by atoms with van der Waals surface area (Å²) >= 11 is 0. The van der Waals surface area contributed by atoms with Gasteiger partial charge >= 0.3 is 0 Å². The van der Waals surface area contributed by atoms with Gasteiger partial charge in [0.1, 0.15) is 0 Å². The lowest BCUT2D eigenvalue weighted by Gasteiger charge is -2.63. The second-order valence-electron chi connectivity index (χ2n) is 8.30. The molecule has 0 spiro atoms. The molecule has 3 unspecified atom stereocenters. The Hall–Kier alpha value is -0.890. The Balaban J connectivity index is 1.58. The molecule has 4 aliphatic carbocycles. The fourth-order valence-corrected chi connectivity index (χ4v) is 6.22. The standard InChI is InChI=1S/C18H26N2/c1-17-8-14-6-15(9-17)11-18(10-14,12-17)16(19)7-13-2-4-20-5-3-13/h2-5,14-16H,6-12,19H2,1H3. The average molecular weight is 270 g/mol. The molecule has 0 aliphatic heterocycles. The molecule has 2 N–H and O–H groups in total. The van der Waals surface area contributed by atoms with Gasteiger partial charge in [-0.25, -0.2) is 0 Å². The minimum Gasteiger partial charge on any atom is -0.327 e. The van der Waals surface area contributed by atoms with E-state index >= 15 is 0 Å². The normalized spacial score (nSPS) is 43.7. The van der Waals surface area contributed by atoms with Crippen LogP contribution in [0.4, 0.5) is 0 Å². The lowest BCUT2D eigenvalue weighted by Crippen LogP contribution is -2.58. The van der Waals surface area contributed by atoms with Gasteiger partial charge in [-0.05, 0) is 85.3 Å². The average Bonchev–Trinajstić information content (AvgIpc) is 2.37. The van der Waals surface area contributed by atoms with Gasteiger partial charge in [-0.1, -0.05) is 6.92 Å². The van der Waals surface area contributed by atoms with Gasteiger partial charge in [-0.2, -0.15) is 0 Å². The van der Waals surface area contributed by atoms with E-state index in [2.05, 4.69) is 24.0 Å². The molecule has 20 heavy (non-hydrogen) atoms. The summed E-state index contributed by atoms with van der Waals surface area (Å²) in [6.07, 6.45) is 13.4. The van der Waals surface area contributed by atoms with E-state index in [1.54, 1.807) is 0 Å². The predicted molar refractivity (Wildman–Crippen MR) is 81.1 cm³/mol. The van der Waals surface area contributed by atoms with Crippen LogP contribution in [-0.2, 0) is 6.42 Å². The summed E-state index contributed by atoms with van der Waals surface area (Å²) in [6.45, 7) is 2.53. The van der Waals surface area contributed by atoms with Crippen LogP contribution in [0.15, 0.2) is 24.5 Å². The minimum atomic E-state index is 0.329. The highest BCUT2D eigenvalue weighted by atomic mass is 14.7. The van der Waals surface area contributed by atoms with Crippen molar-refractivity contribution >= 4 is 0 Å². The molecule has 0 radical (unpaired) electrons. The van der Waals surface area contributed by atoms with Crippen LogP contribution in [-0.4, -0.2) is 11.0 Å². The van der Waals surface area contributed by atoms with Crippen LogP contribution in [0.1, 0.15) is 51.0 Å². The molecule has 0 amide bonds. The van der Waals surface area contributed by atoms with Crippen LogP contribution >= 0.6 is 0 Å². The first-order chi connectivity index (χ1) is 9.57. The molecule has 5 rings (SSSR count). The molecule has 0 saturated heterocycles. The molecule has 1 heterocycles. The monoisotopic (exact) mass is 270 g/mol. The van der Waals surface area contributed by atoms with Gasteiger partial charge in [0.25, 0.3) is 0 Å². The Morgan fingerprint density at radius 3 is 2.45 bits per heavy atom.